The van der Waals surface area contributed by atoms with Gasteiger partial charge in [-0.15, -0.1) is 0 Å². The molecule has 1 atom stereocenters. The predicted octanol–water partition coefficient (Wildman–Crippen LogP) is 3.92. The maximum absolute atomic E-state index is 13.7. The molecule has 0 radical (unpaired) electrons. The van der Waals surface area contributed by atoms with Crippen LogP contribution in [0, 0.1) is 17.5 Å². The van der Waals surface area contributed by atoms with E-state index in [0.717, 1.165) is 12.1 Å². The Labute approximate surface area is 108 Å². The molecule has 5 heteroatoms. The van der Waals surface area contributed by atoms with Crippen LogP contribution in [-0.2, 0) is 0 Å². The second kappa shape index (κ2) is 5.32. The summed E-state index contributed by atoms with van der Waals surface area (Å²) < 4.78 is 44.8. The van der Waals surface area contributed by atoms with Gasteiger partial charge in [0.2, 0.25) is 0 Å². The highest BCUT2D eigenvalue weighted by molar-refractivity contribution is 5.35. The van der Waals surface area contributed by atoms with Crippen LogP contribution in [0.2, 0.25) is 0 Å². The van der Waals surface area contributed by atoms with E-state index in [1.807, 2.05) is 0 Å². The molecule has 2 N–H and O–H groups in total. The average molecular weight is 267 g/mol. The lowest BCUT2D eigenvalue weighted by atomic mass is 10.1. The Bertz CT molecular complexity index is 579. The second-order valence-electron chi connectivity index (χ2n) is 4.19. The van der Waals surface area contributed by atoms with Crippen molar-refractivity contribution in [3.05, 3.63) is 59.4 Å². The summed E-state index contributed by atoms with van der Waals surface area (Å²) in [5.41, 5.74) is 6.23. The molecule has 0 fully saturated rings. The summed E-state index contributed by atoms with van der Waals surface area (Å²) in [4.78, 5) is 0. The SMILES string of the molecule is CC(N)c1ccc(Oc2cc(F)cc(F)c2)c(F)c1. The summed E-state index contributed by atoms with van der Waals surface area (Å²) in [5, 5.41) is 0. The van der Waals surface area contributed by atoms with Crippen molar-refractivity contribution in [1.82, 2.24) is 0 Å². The van der Waals surface area contributed by atoms with E-state index in [0.29, 0.717) is 11.6 Å². The highest BCUT2D eigenvalue weighted by Gasteiger charge is 2.09. The Morgan fingerprint density at radius 3 is 2.16 bits per heavy atom. The van der Waals surface area contributed by atoms with Gasteiger partial charge in [0, 0.05) is 24.2 Å². The molecule has 0 aliphatic carbocycles. The molecule has 100 valence electrons. The molecule has 2 aromatic carbocycles. The lowest BCUT2D eigenvalue weighted by Gasteiger charge is -2.10. The quantitative estimate of drug-likeness (QED) is 0.914. The zero-order chi connectivity index (χ0) is 14.0. The van der Waals surface area contributed by atoms with Gasteiger partial charge in [0.05, 0.1) is 0 Å². The summed E-state index contributed by atoms with van der Waals surface area (Å²) in [6.07, 6.45) is 0. The zero-order valence-corrected chi connectivity index (χ0v) is 10.2. The summed E-state index contributed by atoms with van der Waals surface area (Å²) in [6, 6.07) is 6.55. The van der Waals surface area contributed by atoms with Crippen molar-refractivity contribution in [2.75, 3.05) is 0 Å². The summed E-state index contributed by atoms with van der Waals surface area (Å²) in [7, 11) is 0. The molecule has 0 spiro atoms. The topological polar surface area (TPSA) is 35.2 Å². The van der Waals surface area contributed by atoms with E-state index in [1.165, 1.54) is 12.1 Å². The molecule has 0 bridgehead atoms. The largest absolute Gasteiger partial charge is 0.454 e. The highest BCUT2D eigenvalue weighted by atomic mass is 19.1. The first-order chi connectivity index (χ1) is 8.95. The highest BCUT2D eigenvalue weighted by Crippen LogP contribution is 2.27. The van der Waals surface area contributed by atoms with Gasteiger partial charge < -0.3 is 10.5 Å². The lowest BCUT2D eigenvalue weighted by molar-refractivity contribution is 0.433. The van der Waals surface area contributed by atoms with E-state index >= 15 is 0 Å². The Hall–Kier alpha value is -2.01. The van der Waals surface area contributed by atoms with Crippen molar-refractivity contribution >= 4 is 0 Å². The minimum Gasteiger partial charge on any atom is -0.454 e. The molecule has 0 aliphatic rings. The third kappa shape index (κ3) is 3.26. The van der Waals surface area contributed by atoms with Gasteiger partial charge in [0.15, 0.2) is 11.6 Å². The Morgan fingerprint density at radius 1 is 1.00 bits per heavy atom. The normalized spacial score (nSPS) is 12.3. The van der Waals surface area contributed by atoms with Crippen LogP contribution >= 0.6 is 0 Å². The fourth-order valence-corrected chi connectivity index (χ4v) is 1.60. The van der Waals surface area contributed by atoms with Crippen LogP contribution in [0.5, 0.6) is 11.5 Å². The first kappa shape index (κ1) is 13.4. The number of benzene rings is 2. The number of ether oxygens (including phenoxy) is 1. The summed E-state index contributed by atoms with van der Waals surface area (Å²) >= 11 is 0. The molecule has 19 heavy (non-hydrogen) atoms. The Balaban J connectivity index is 2.28. The van der Waals surface area contributed by atoms with E-state index in [-0.39, 0.29) is 17.5 Å². The van der Waals surface area contributed by atoms with Crippen LogP contribution in [-0.4, -0.2) is 0 Å². The standard InChI is InChI=1S/C14H12F3NO/c1-8(18)9-2-3-14(13(17)4-9)19-12-6-10(15)5-11(16)7-12/h2-8H,18H2,1H3. The summed E-state index contributed by atoms with van der Waals surface area (Å²) in [5.74, 6) is -2.44. The van der Waals surface area contributed by atoms with Gasteiger partial charge in [0.25, 0.3) is 0 Å². The van der Waals surface area contributed by atoms with Crippen molar-refractivity contribution < 1.29 is 17.9 Å². The molecule has 0 amide bonds. The lowest BCUT2D eigenvalue weighted by Crippen LogP contribution is -2.05. The van der Waals surface area contributed by atoms with Gasteiger partial charge >= 0.3 is 0 Å². The minimum atomic E-state index is -0.789. The molecule has 2 nitrogen and oxygen atoms in total. The van der Waals surface area contributed by atoms with Gasteiger partial charge in [-0.2, -0.15) is 0 Å². The molecule has 0 saturated carbocycles. The van der Waals surface area contributed by atoms with E-state index in [9.17, 15) is 13.2 Å². The maximum Gasteiger partial charge on any atom is 0.166 e. The van der Waals surface area contributed by atoms with E-state index < -0.39 is 17.5 Å². The summed E-state index contributed by atoms with van der Waals surface area (Å²) in [6.45, 7) is 1.72. The average Bonchev–Trinajstić information content (AvgIpc) is 2.30. The van der Waals surface area contributed by atoms with E-state index in [1.54, 1.807) is 13.0 Å². The zero-order valence-electron chi connectivity index (χ0n) is 10.2. The van der Waals surface area contributed by atoms with E-state index in [4.69, 9.17) is 10.5 Å². The molecule has 2 rings (SSSR count). The minimum absolute atomic E-state index is 0.107. The first-order valence-corrected chi connectivity index (χ1v) is 5.64. The Morgan fingerprint density at radius 2 is 1.63 bits per heavy atom. The van der Waals surface area contributed by atoms with Crippen LogP contribution in [0.25, 0.3) is 0 Å². The van der Waals surface area contributed by atoms with E-state index in [2.05, 4.69) is 0 Å². The van der Waals surface area contributed by atoms with Crippen LogP contribution in [0.15, 0.2) is 36.4 Å². The van der Waals surface area contributed by atoms with Gasteiger partial charge in [-0.05, 0) is 24.6 Å². The molecule has 0 aromatic heterocycles. The predicted molar refractivity (Wildman–Crippen MR) is 65.4 cm³/mol. The first-order valence-electron chi connectivity index (χ1n) is 5.64. The fraction of sp³-hybridized carbons (Fsp3) is 0.143. The van der Waals surface area contributed by atoms with Crippen LogP contribution in [0.4, 0.5) is 13.2 Å². The fourth-order valence-electron chi connectivity index (χ4n) is 1.60. The van der Waals surface area contributed by atoms with Crippen molar-refractivity contribution in [2.45, 2.75) is 13.0 Å². The van der Waals surface area contributed by atoms with Gasteiger partial charge in [-0.1, -0.05) is 6.07 Å². The molecular formula is C14H12F3NO. The maximum atomic E-state index is 13.7. The smallest absolute Gasteiger partial charge is 0.166 e. The number of hydrogen-bond donors (Lipinski definition) is 1. The molecule has 2 aromatic rings. The number of rotatable bonds is 3. The number of nitrogens with two attached hydrogens (primary N) is 1. The van der Waals surface area contributed by atoms with Crippen molar-refractivity contribution in [3.63, 3.8) is 0 Å². The van der Waals surface area contributed by atoms with Gasteiger partial charge in [-0.25, -0.2) is 13.2 Å². The Kier molecular flexibility index (Phi) is 3.76. The molecule has 0 aliphatic heterocycles. The second-order valence-corrected chi connectivity index (χ2v) is 4.19. The third-order valence-corrected chi connectivity index (χ3v) is 2.55. The van der Waals surface area contributed by atoms with Gasteiger partial charge in [-0.3, -0.25) is 0 Å². The molecule has 0 heterocycles. The van der Waals surface area contributed by atoms with Crippen molar-refractivity contribution in [1.29, 1.82) is 0 Å². The van der Waals surface area contributed by atoms with Crippen molar-refractivity contribution in [2.24, 2.45) is 5.73 Å². The third-order valence-electron chi connectivity index (χ3n) is 2.55. The molecular weight excluding hydrogens is 255 g/mol. The van der Waals surface area contributed by atoms with Crippen molar-refractivity contribution in [3.8, 4) is 11.5 Å². The molecule has 1 unspecified atom stereocenters. The molecule has 0 saturated heterocycles. The number of halogens is 3. The van der Waals surface area contributed by atoms with Gasteiger partial charge in [0.1, 0.15) is 17.4 Å². The van der Waals surface area contributed by atoms with Crippen LogP contribution < -0.4 is 10.5 Å². The van der Waals surface area contributed by atoms with Crippen LogP contribution in [0.3, 0.4) is 0 Å². The number of hydrogen-bond acceptors (Lipinski definition) is 2. The monoisotopic (exact) mass is 267 g/mol. The van der Waals surface area contributed by atoms with Crippen LogP contribution in [0.1, 0.15) is 18.5 Å².